The van der Waals surface area contributed by atoms with Crippen molar-refractivity contribution in [2.24, 2.45) is 0 Å². The van der Waals surface area contributed by atoms with E-state index in [-0.39, 0.29) is 21.9 Å². The third-order valence-electron chi connectivity index (χ3n) is 2.72. The van der Waals surface area contributed by atoms with Crippen molar-refractivity contribution in [1.82, 2.24) is 19.7 Å². The van der Waals surface area contributed by atoms with Crippen LogP contribution in [0.3, 0.4) is 0 Å². The highest BCUT2D eigenvalue weighted by Gasteiger charge is 2.17. The average Bonchev–Trinajstić information content (AvgIpc) is 2.86. The maximum atomic E-state index is 12.3. The number of nitrogens with zero attached hydrogens (tertiary/aromatic N) is 4. The third kappa shape index (κ3) is 2.91. The largest absolute Gasteiger partial charge is 0.315 e. The number of aryl methyl sites for hydroxylation is 2. The van der Waals surface area contributed by atoms with Crippen molar-refractivity contribution >= 4 is 34.8 Å². The molecule has 0 spiro atoms. The van der Waals surface area contributed by atoms with E-state index in [2.05, 4.69) is 20.4 Å². The summed E-state index contributed by atoms with van der Waals surface area (Å²) in [4.78, 5) is 19.8. The van der Waals surface area contributed by atoms with Gasteiger partial charge in [0, 0.05) is 6.54 Å². The molecular weight excluding hydrogens is 301 g/mol. The quantitative estimate of drug-likeness (QED) is 0.881. The minimum Gasteiger partial charge on any atom is -0.315 e. The molecule has 0 fully saturated rings. The maximum Gasteiger partial charge on any atom is 0.274 e. The summed E-state index contributed by atoms with van der Waals surface area (Å²) in [5.74, 6) is -0.349. The molecule has 0 aliphatic carbocycles. The Bertz CT molecular complexity index is 621. The molecule has 2 aromatic heterocycles. The van der Waals surface area contributed by atoms with Crippen LogP contribution in [0.1, 0.15) is 30.0 Å². The molecule has 2 heterocycles. The van der Waals surface area contributed by atoms with Gasteiger partial charge in [0.2, 0.25) is 0 Å². The highest BCUT2D eigenvalue weighted by Crippen LogP contribution is 2.26. The van der Waals surface area contributed by atoms with E-state index < -0.39 is 0 Å². The lowest BCUT2D eigenvalue weighted by Gasteiger charge is -2.08. The number of anilines is 1. The predicted octanol–water partition coefficient (Wildman–Crippen LogP) is 2.81. The van der Waals surface area contributed by atoms with Gasteiger partial charge in [0.25, 0.3) is 5.91 Å². The number of nitrogens with one attached hydrogen (secondary N) is 1. The van der Waals surface area contributed by atoms with Gasteiger partial charge in [0.05, 0.1) is 5.69 Å². The van der Waals surface area contributed by atoms with Crippen LogP contribution in [-0.2, 0) is 13.0 Å². The van der Waals surface area contributed by atoms with E-state index in [0.717, 1.165) is 12.1 Å². The number of halogens is 2. The predicted molar refractivity (Wildman–Crippen MR) is 77.3 cm³/mol. The summed E-state index contributed by atoms with van der Waals surface area (Å²) in [6, 6.07) is 1.74. The molecule has 0 atom stereocenters. The van der Waals surface area contributed by atoms with E-state index in [0.29, 0.717) is 12.2 Å². The van der Waals surface area contributed by atoms with Gasteiger partial charge in [0.15, 0.2) is 10.3 Å². The molecule has 0 saturated heterocycles. The first-order valence-electron chi connectivity index (χ1n) is 6.10. The van der Waals surface area contributed by atoms with Crippen molar-refractivity contribution in [3.8, 4) is 0 Å². The average molecular weight is 314 g/mol. The zero-order valence-electron chi connectivity index (χ0n) is 11.0. The second-order valence-corrected chi connectivity index (χ2v) is 4.69. The highest BCUT2D eigenvalue weighted by atomic mass is 35.5. The molecule has 0 radical (unpaired) electrons. The van der Waals surface area contributed by atoms with Crippen molar-refractivity contribution < 1.29 is 4.79 Å². The van der Waals surface area contributed by atoms with Crippen LogP contribution in [0.5, 0.6) is 0 Å². The Morgan fingerprint density at radius 1 is 1.30 bits per heavy atom. The van der Waals surface area contributed by atoms with Crippen LogP contribution in [0.15, 0.2) is 12.4 Å². The van der Waals surface area contributed by atoms with Crippen molar-refractivity contribution in [2.45, 2.75) is 26.8 Å². The Labute approximate surface area is 126 Å². The summed E-state index contributed by atoms with van der Waals surface area (Å²) >= 11 is 11.8. The Morgan fingerprint density at radius 3 is 2.50 bits per heavy atom. The SMILES string of the molecule is CCc1cc(C(=O)Nc2c(Cl)ncnc2Cl)n(CC)n1. The van der Waals surface area contributed by atoms with Gasteiger partial charge in [0.1, 0.15) is 17.7 Å². The summed E-state index contributed by atoms with van der Waals surface area (Å²) in [5.41, 5.74) is 1.49. The first-order chi connectivity index (χ1) is 9.56. The molecule has 6 nitrogen and oxygen atoms in total. The lowest BCUT2D eigenvalue weighted by atomic mass is 10.3. The van der Waals surface area contributed by atoms with Crippen LogP contribution in [0.2, 0.25) is 10.3 Å². The fourth-order valence-electron chi connectivity index (χ4n) is 1.69. The molecule has 0 unspecified atom stereocenters. The summed E-state index contributed by atoms with van der Waals surface area (Å²) in [6.07, 6.45) is 1.98. The molecule has 0 bridgehead atoms. The second kappa shape index (κ2) is 6.19. The second-order valence-electron chi connectivity index (χ2n) is 3.97. The molecule has 2 rings (SSSR count). The van der Waals surface area contributed by atoms with E-state index in [1.54, 1.807) is 10.7 Å². The molecule has 20 heavy (non-hydrogen) atoms. The summed E-state index contributed by atoms with van der Waals surface area (Å²) in [7, 11) is 0. The van der Waals surface area contributed by atoms with Gasteiger partial charge < -0.3 is 5.32 Å². The molecule has 2 aromatic rings. The smallest absolute Gasteiger partial charge is 0.274 e. The van der Waals surface area contributed by atoms with Gasteiger partial charge in [-0.05, 0) is 19.4 Å². The Kier molecular flexibility index (Phi) is 4.57. The fraction of sp³-hybridized carbons (Fsp3) is 0.333. The normalized spacial score (nSPS) is 10.6. The van der Waals surface area contributed by atoms with Gasteiger partial charge in [-0.3, -0.25) is 9.48 Å². The van der Waals surface area contributed by atoms with E-state index in [9.17, 15) is 4.79 Å². The van der Waals surface area contributed by atoms with Crippen molar-refractivity contribution in [1.29, 1.82) is 0 Å². The van der Waals surface area contributed by atoms with Gasteiger partial charge >= 0.3 is 0 Å². The van der Waals surface area contributed by atoms with Gasteiger partial charge in [-0.25, -0.2) is 9.97 Å². The van der Waals surface area contributed by atoms with Crippen molar-refractivity contribution in [3.63, 3.8) is 0 Å². The molecule has 1 amide bonds. The number of amides is 1. The lowest BCUT2D eigenvalue weighted by molar-refractivity contribution is 0.101. The van der Waals surface area contributed by atoms with Crippen LogP contribution in [0, 0.1) is 0 Å². The molecule has 8 heteroatoms. The summed E-state index contributed by atoms with van der Waals surface area (Å²) < 4.78 is 1.62. The van der Waals surface area contributed by atoms with Crippen LogP contribution >= 0.6 is 23.2 Å². The molecule has 0 aliphatic heterocycles. The number of carbonyl (C=O) groups excluding carboxylic acids is 1. The van der Waals surface area contributed by atoms with Gasteiger partial charge in [-0.15, -0.1) is 0 Å². The molecule has 0 saturated carbocycles. The number of hydrogen-bond donors (Lipinski definition) is 1. The van der Waals surface area contributed by atoms with Crippen LogP contribution < -0.4 is 5.32 Å². The summed E-state index contributed by atoms with van der Waals surface area (Å²) in [6.45, 7) is 4.48. The molecule has 0 aliphatic rings. The first kappa shape index (κ1) is 14.7. The molecule has 1 N–H and O–H groups in total. The van der Waals surface area contributed by atoms with Gasteiger partial charge in [-0.1, -0.05) is 30.1 Å². The number of aromatic nitrogens is 4. The molecule has 106 valence electrons. The van der Waals surface area contributed by atoms with Crippen molar-refractivity contribution in [3.05, 3.63) is 34.1 Å². The highest BCUT2D eigenvalue weighted by molar-refractivity contribution is 6.38. The van der Waals surface area contributed by atoms with Crippen LogP contribution in [0.25, 0.3) is 0 Å². The summed E-state index contributed by atoms with van der Waals surface area (Å²) in [5, 5.41) is 7.12. The Hall–Kier alpha value is -1.66. The van der Waals surface area contributed by atoms with Crippen LogP contribution in [0.4, 0.5) is 5.69 Å². The molecular formula is C12H13Cl2N5O. The van der Waals surface area contributed by atoms with E-state index in [4.69, 9.17) is 23.2 Å². The minimum absolute atomic E-state index is 0.0941. The topological polar surface area (TPSA) is 72.7 Å². The van der Waals surface area contributed by atoms with E-state index in [1.165, 1.54) is 6.33 Å². The number of hydrogen-bond acceptors (Lipinski definition) is 4. The zero-order chi connectivity index (χ0) is 14.7. The van der Waals surface area contributed by atoms with Crippen molar-refractivity contribution in [2.75, 3.05) is 5.32 Å². The van der Waals surface area contributed by atoms with Gasteiger partial charge in [-0.2, -0.15) is 5.10 Å². The minimum atomic E-state index is -0.349. The zero-order valence-corrected chi connectivity index (χ0v) is 12.5. The Balaban J connectivity index is 2.30. The van der Waals surface area contributed by atoms with E-state index >= 15 is 0 Å². The Morgan fingerprint density at radius 2 is 1.95 bits per heavy atom. The maximum absolute atomic E-state index is 12.3. The fourth-order valence-corrected chi connectivity index (χ4v) is 2.10. The van der Waals surface area contributed by atoms with E-state index in [1.807, 2.05) is 13.8 Å². The number of rotatable bonds is 4. The van der Waals surface area contributed by atoms with Crippen LogP contribution in [-0.4, -0.2) is 25.7 Å². The number of carbonyl (C=O) groups is 1. The lowest BCUT2D eigenvalue weighted by Crippen LogP contribution is -2.18. The molecule has 0 aromatic carbocycles. The third-order valence-corrected chi connectivity index (χ3v) is 3.29. The monoisotopic (exact) mass is 313 g/mol. The standard InChI is InChI=1S/C12H13Cl2N5O/c1-3-7-5-8(19(4-2)18-7)12(20)17-9-10(13)15-6-16-11(9)14/h5-6H,3-4H2,1-2H3,(H,17,20). The first-order valence-corrected chi connectivity index (χ1v) is 6.86.